The molecule has 1 heterocycles. The van der Waals surface area contributed by atoms with E-state index in [1.54, 1.807) is 6.20 Å². The lowest BCUT2D eigenvalue weighted by molar-refractivity contribution is 0.0685. The molecule has 0 atom stereocenters. The largest absolute Gasteiger partial charge is 0.489 e. The average Bonchev–Trinajstić information content (AvgIpc) is 2.84. The van der Waals surface area contributed by atoms with Gasteiger partial charge in [-0.1, -0.05) is 32.0 Å². The number of benzene rings is 1. The Morgan fingerprint density at radius 2 is 2.05 bits per heavy atom. The summed E-state index contributed by atoms with van der Waals surface area (Å²) in [5.41, 5.74) is 0.742. The zero-order valence-electron chi connectivity index (χ0n) is 11.6. The second kappa shape index (κ2) is 6.23. The van der Waals surface area contributed by atoms with Crippen molar-refractivity contribution in [3.63, 3.8) is 0 Å². The van der Waals surface area contributed by atoms with Crippen LogP contribution in [0.3, 0.4) is 0 Å². The van der Waals surface area contributed by atoms with Gasteiger partial charge < -0.3 is 9.84 Å². The van der Waals surface area contributed by atoms with E-state index in [2.05, 4.69) is 18.9 Å². The Morgan fingerprint density at radius 1 is 1.35 bits per heavy atom. The van der Waals surface area contributed by atoms with E-state index in [1.165, 1.54) is 4.68 Å². The molecule has 1 aromatic heterocycles. The van der Waals surface area contributed by atoms with Crippen molar-refractivity contribution in [3.8, 4) is 11.4 Å². The summed E-state index contributed by atoms with van der Waals surface area (Å²) >= 11 is 0. The van der Waals surface area contributed by atoms with Gasteiger partial charge in [0.15, 0.2) is 5.75 Å². The number of rotatable bonds is 6. The molecule has 0 amide bonds. The van der Waals surface area contributed by atoms with Crippen LogP contribution in [0.4, 0.5) is 0 Å². The highest BCUT2D eigenvalue weighted by Crippen LogP contribution is 2.20. The van der Waals surface area contributed by atoms with E-state index in [4.69, 9.17) is 4.74 Å². The first kappa shape index (κ1) is 14.1. The molecule has 2 aromatic rings. The molecule has 0 spiro atoms. The Bertz CT molecular complexity index is 576. The molecule has 0 saturated carbocycles. The molecule has 0 aliphatic carbocycles. The minimum Gasteiger partial charge on any atom is -0.489 e. The summed E-state index contributed by atoms with van der Waals surface area (Å²) in [5.74, 6) is -0.270. The second-order valence-corrected chi connectivity index (χ2v) is 4.96. The number of carbonyl (C=O) groups is 1. The Kier molecular flexibility index (Phi) is 4.40. The number of hydrogen-bond acceptors (Lipinski definition) is 3. The molecule has 0 bridgehead atoms. The van der Waals surface area contributed by atoms with E-state index in [9.17, 15) is 9.90 Å². The van der Waals surface area contributed by atoms with Crippen LogP contribution in [-0.2, 0) is 0 Å². The van der Waals surface area contributed by atoms with Gasteiger partial charge in [-0.3, -0.25) is 0 Å². The number of carboxylic acid groups (broad SMARTS) is 1. The predicted octanol–water partition coefficient (Wildman–Crippen LogP) is 3.00. The van der Waals surface area contributed by atoms with Crippen molar-refractivity contribution in [2.45, 2.75) is 20.3 Å². The summed E-state index contributed by atoms with van der Waals surface area (Å²) in [5, 5.41) is 13.2. The molecule has 1 N–H and O–H groups in total. The first-order chi connectivity index (χ1) is 9.58. The number of aromatic nitrogens is 2. The van der Waals surface area contributed by atoms with Crippen LogP contribution in [0.15, 0.2) is 36.5 Å². The quantitative estimate of drug-likeness (QED) is 0.879. The summed E-state index contributed by atoms with van der Waals surface area (Å²) < 4.78 is 7.07. The first-order valence-corrected chi connectivity index (χ1v) is 6.59. The van der Waals surface area contributed by atoms with Gasteiger partial charge in [-0.05, 0) is 24.5 Å². The van der Waals surface area contributed by atoms with Crippen LogP contribution >= 0.6 is 0 Å². The summed E-state index contributed by atoms with van der Waals surface area (Å²) in [6, 6.07) is 9.35. The molecule has 106 valence electrons. The third kappa shape index (κ3) is 3.38. The van der Waals surface area contributed by atoms with E-state index in [-0.39, 0.29) is 5.69 Å². The summed E-state index contributed by atoms with van der Waals surface area (Å²) in [6.45, 7) is 4.67. The van der Waals surface area contributed by atoms with Crippen LogP contribution in [0.2, 0.25) is 0 Å². The van der Waals surface area contributed by atoms with E-state index >= 15 is 0 Å². The van der Waals surface area contributed by atoms with Crippen LogP contribution in [-0.4, -0.2) is 27.5 Å². The molecule has 5 heteroatoms. The second-order valence-electron chi connectivity index (χ2n) is 4.96. The highest BCUT2D eigenvalue weighted by molar-refractivity contribution is 5.88. The Balaban J connectivity index is 2.22. The van der Waals surface area contributed by atoms with Crippen molar-refractivity contribution in [1.82, 2.24) is 9.78 Å². The van der Waals surface area contributed by atoms with Crippen molar-refractivity contribution in [3.05, 3.63) is 42.2 Å². The minimum absolute atomic E-state index is 0.0578. The molecule has 0 fully saturated rings. The monoisotopic (exact) mass is 274 g/mol. The summed E-state index contributed by atoms with van der Waals surface area (Å²) in [7, 11) is 0. The molecule has 0 aliphatic heterocycles. The molecular weight excluding hydrogens is 256 g/mol. The molecule has 0 radical (unpaired) electrons. The zero-order valence-corrected chi connectivity index (χ0v) is 11.6. The fourth-order valence-corrected chi connectivity index (χ4v) is 1.73. The van der Waals surface area contributed by atoms with Gasteiger partial charge in [-0.15, -0.1) is 0 Å². The van der Waals surface area contributed by atoms with Crippen molar-refractivity contribution in [1.29, 1.82) is 0 Å². The highest BCUT2D eigenvalue weighted by Gasteiger charge is 2.18. The molecule has 20 heavy (non-hydrogen) atoms. The van der Waals surface area contributed by atoms with Gasteiger partial charge in [-0.25, -0.2) is 9.48 Å². The van der Waals surface area contributed by atoms with Crippen LogP contribution in [0, 0.1) is 5.92 Å². The molecule has 0 aliphatic rings. The Morgan fingerprint density at radius 3 is 2.65 bits per heavy atom. The fraction of sp³-hybridized carbons (Fsp3) is 0.333. The van der Waals surface area contributed by atoms with Gasteiger partial charge in [0.2, 0.25) is 5.69 Å². The fourth-order valence-electron chi connectivity index (χ4n) is 1.73. The van der Waals surface area contributed by atoms with Gasteiger partial charge in [0.25, 0.3) is 0 Å². The lowest BCUT2D eigenvalue weighted by atomic mass is 10.1. The Labute approximate surface area is 117 Å². The maximum absolute atomic E-state index is 11.2. The predicted molar refractivity (Wildman–Crippen MR) is 75.5 cm³/mol. The summed E-state index contributed by atoms with van der Waals surface area (Å²) in [6.07, 6.45) is 2.48. The van der Waals surface area contributed by atoms with E-state index < -0.39 is 5.97 Å². The molecule has 0 unspecified atom stereocenters. The van der Waals surface area contributed by atoms with Crippen molar-refractivity contribution in [2.24, 2.45) is 5.92 Å². The van der Waals surface area contributed by atoms with Crippen molar-refractivity contribution < 1.29 is 14.6 Å². The third-order valence-electron chi connectivity index (χ3n) is 2.86. The molecule has 2 rings (SSSR count). The molecule has 1 aromatic carbocycles. The number of aromatic carboxylic acids is 1. The number of nitrogens with zero attached hydrogens (tertiary/aromatic N) is 2. The SMILES string of the molecule is CC(C)CCOc1cn(-c2ccccc2)nc1C(=O)O. The normalized spacial score (nSPS) is 10.8. The smallest absolute Gasteiger partial charge is 0.360 e. The van der Waals surface area contributed by atoms with E-state index in [0.717, 1.165) is 12.1 Å². The Hall–Kier alpha value is -2.30. The van der Waals surface area contributed by atoms with Gasteiger partial charge in [0, 0.05) is 0 Å². The van der Waals surface area contributed by atoms with Gasteiger partial charge in [0.05, 0.1) is 18.5 Å². The molecular formula is C15H18N2O3. The minimum atomic E-state index is -1.08. The van der Waals surface area contributed by atoms with Crippen molar-refractivity contribution in [2.75, 3.05) is 6.61 Å². The highest BCUT2D eigenvalue weighted by atomic mass is 16.5. The van der Waals surface area contributed by atoms with Gasteiger partial charge >= 0.3 is 5.97 Å². The van der Waals surface area contributed by atoms with E-state index in [0.29, 0.717) is 18.3 Å². The number of hydrogen-bond donors (Lipinski definition) is 1. The van der Waals surface area contributed by atoms with Crippen molar-refractivity contribution >= 4 is 5.97 Å². The average molecular weight is 274 g/mol. The van der Waals surface area contributed by atoms with Gasteiger partial charge in [0.1, 0.15) is 0 Å². The van der Waals surface area contributed by atoms with Crippen LogP contribution in [0.5, 0.6) is 5.75 Å². The van der Waals surface area contributed by atoms with Crippen LogP contribution < -0.4 is 4.74 Å². The lowest BCUT2D eigenvalue weighted by Gasteiger charge is -2.06. The standard InChI is InChI=1S/C15H18N2O3/c1-11(2)8-9-20-13-10-17(16-14(13)15(18)19)12-6-4-3-5-7-12/h3-7,10-11H,8-9H2,1-2H3,(H,18,19). The zero-order chi connectivity index (χ0) is 14.5. The van der Waals surface area contributed by atoms with Gasteiger partial charge in [-0.2, -0.15) is 5.10 Å². The maximum atomic E-state index is 11.2. The van der Waals surface area contributed by atoms with Crippen LogP contribution in [0.25, 0.3) is 5.69 Å². The lowest BCUT2D eigenvalue weighted by Crippen LogP contribution is -2.05. The topological polar surface area (TPSA) is 64.4 Å². The first-order valence-electron chi connectivity index (χ1n) is 6.59. The van der Waals surface area contributed by atoms with E-state index in [1.807, 2.05) is 30.3 Å². The van der Waals surface area contributed by atoms with Crippen LogP contribution in [0.1, 0.15) is 30.8 Å². The summed E-state index contributed by atoms with van der Waals surface area (Å²) in [4.78, 5) is 11.2. The molecule has 0 saturated heterocycles. The number of carboxylic acids is 1. The maximum Gasteiger partial charge on any atom is 0.360 e. The third-order valence-corrected chi connectivity index (χ3v) is 2.86. The number of ether oxygens (including phenoxy) is 1. The molecule has 5 nitrogen and oxygen atoms in total. The number of para-hydroxylation sites is 1.